The molecule has 9 nitrogen and oxygen atoms in total. The van der Waals surface area contributed by atoms with Gasteiger partial charge >= 0.3 is 6.09 Å². The number of nitrogens with zero attached hydrogens (tertiary/aromatic N) is 5. The van der Waals surface area contributed by atoms with Crippen molar-refractivity contribution in [2.24, 2.45) is 0 Å². The molecule has 2 heterocycles. The molecule has 0 fully saturated rings. The number of aromatic nitrogens is 2. The van der Waals surface area contributed by atoms with Crippen LogP contribution in [0.4, 0.5) is 22.2 Å². The first-order valence-corrected chi connectivity index (χ1v) is 14.4. The molecule has 1 aromatic heterocycles. The lowest BCUT2D eigenvalue weighted by Gasteiger charge is -2.26. The third-order valence-corrected chi connectivity index (χ3v) is 6.93. The molecule has 41 heavy (non-hydrogen) atoms. The Morgan fingerprint density at radius 2 is 1.90 bits per heavy atom. The van der Waals surface area contributed by atoms with Gasteiger partial charge in [-0.05, 0) is 57.4 Å². The highest BCUT2D eigenvalue weighted by molar-refractivity contribution is 5.67. The molecule has 0 spiro atoms. The summed E-state index contributed by atoms with van der Waals surface area (Å²) in [6.45, 7) is 11.9. The minimum Gasteiger partial charge on any atom is -0.444 e. The lowest BCUT2D eigenvalue weighted by atomic mass is 10.1. The van der Waals surface area contributed by atoms with Crippen LogP contribution < -0.4 is 15.1 Å². The van der Waals surface area contributed by atoms with Crippen molar-refractivity contribution in [3.8, 4) is 0 Å². The van der Waals surface area contributed by atoms with Crippen LogP contribution in [0, 0.1) is 0 Å². The molecule has 1 aliphatic heterocycles. The first kappa shape index (κ1) is 30.1. The van der Waals surface area contributed by atoms with E-state index in [1.165, 1.54) is 0 Å². The van der Waals surface area contributed by atoms with Crippen LogP contribution in [0.5, 0.6) is 0 Å². The average Bonchev–Trinajstić information content (AvgIpc) is 3.11. The first-order valence-electron chi connectivity index (χ1n) is 14.4. The van der Waals surface area contributed by atoms with Gasteiger partial charge in [0, 0.05) is 64.3 Å². The number of amides is 1. The molecule has 3 aromatic rings. The van der Waals surface area contributed by atoms with Gasteiger partial charge in [-0.2, -0.15) is 4.98 Å². The Hall–Kier alpha value is -3.85. The highest BCUT2D eigenvalue weighted by Crippen LogP contribution is 2.28. The zero-order valence-corrected chi connectivity index (χ0v) is 25.3. The smallest absolute Gasteiger partial charge is 0.410 e. The van der Waals surface area contributed by atoms with E-state index < -0.39 is 5.60 Å². The van der Waals surface area contributed by atoms with Gasteiger partial charge in [0.15, 0.2) is 0 Å². The Morgan fingerprint density at radius 3 is 2.63 bits per heavy atom. The molecular weight excluding hydrogens is 516 g/mol. The summed E-state index contributed by atoms with van der Waals surface area (Å²) in [4.78, 5) is 27.9. The predicted molar refractivity (Wildman–Crippen MR) is 164 cm³/mol. The van der Waals surface area contributed by atoms with Crippen molar-refractivity contribution < 1.29 is 14.3 Å². The van der Waals surface area contributed by atoms with Crippen molar-refractivity contribution >= 4 is 23.5 Å². The Bertz CT molecular complexity index is 1280. The van der Waals surface area contributed by atoms with Crippen LogP contribution in [-0.4, -0.2) is 66.8 Å². The summed E-state index contributed by atoms with van der Waals surface area (Å²) in [5.74, 6) is 1.64. The molecule has 9 heteroatoms. The van der Waals surface area contributed by atoms with E-state index in [0.29, 0.717) is 25.5 Å². The van der Waals surface area contributed by atoms with Crippen LogP contribution in [0.3, 0.4) is 0 Å². The van der Waals surface area contributed by atoms with E-state index in [-0.39, 0.29) is 12.2 Å². The normalized spacial score (nSPS) is 14.2. The van der Waals surface area contributed by atoms with E-state index in [1.54, 1.807) is 11.9 Å². The number of carbonyl (C=O) groups is 1. The Kier molecular flexibility index (Phi) is 10.0. The summed E-state index contributed by atoms with van der Waals surface area (Å²) in [7, 11) is 3.85. The van der Waals surface area contributed by atoms with Crippen molar-refractivity contribution in [3.05, 3.63) is 77.5 Å². The molecule has 0 bridgehead atoms. The Balaban J connectivity index is 1.44. The summed E-state index contributed by atoms with van der Waals surface area (Å²) in [5, 5.41) is 3.21. The maximum absolute atomic E-state index is 12.5. The van der Waals surface area contributed by atoms with Gasteiger partial charge in [-0.15, -0.1) is 0 Å². The summed E-state index contributed by atoms with van der Waals surface area (Å²) >= 11 is 0. The standard InChI is InChI=1S/C32H44N6O3/c1-7-33-30-34-21-26-22-38(19-18-36(5)29(26)35-30)27-15-11-12-24(20-27)23-40-28(25-13-9-8-10-14-25)16-17-37(6)31(39)41-32(2,3)4/h8-15,20-21,28H,7,16-19,22-23H2,1-6H3,(H,33,34,35)/t28-/m1/s1. The first-order chi connectivity index (χ1) is 19.6. The summed E-state index contributed by atoms with van der Waals surface area (Å²) in [6, 6.07) is 18.7. The minimum atomic E-state index is -0.529. The second-order valence-electron chi connectivity index (χ2n) is 11.5. The fourth-order valence-corrected chi connectivity index (χ4v) is 4.76. The predicted octanol–water partition coefficient (Wildman–Crippen LogP) is 5.88. The number of carbonyl (C=O) groups excluding carboxylic acids is 1. The maximum Gasteiger partial charge on any atom is 0.410 e. The van der Waals surface area contributed by atoms with Crippen LogP contribution in [0.2, 0.25) is 0 Å². The molecule has 2 aromatic carbocycles. The SMILES string of the molecule is CCNc1ncc2c(n1)N(C)CCN(c1cccc(CO[C@H](CCN(C)C(=O)OC(C)(C)C)c3ccccc3)c1)C2. The van der Waals surface area contributed by atoms with Crippen LogP contribution in [0.15, 0.2) is 60.8 Å². The van der Waals surface area contributed by atoms with E-state index in [9.17, 15) is 4.79 Å². The molecular formula is C32H44N6O3. The number of anilines is 3. The number of nitrogens with one attached hydrogen (secondary N) is 1. The van der Waals surface area contributed by atoms with Crippen molar-refractivity contribution in [2.75, 3.05) is 55.4 Å². The molecule has 0 unspecified atom stereocenters. The van der Waals surface area contributed by atoms with E-state index in [0.717, 1.165) is 54.4 Å². The van der Waals surface area contributed by atoms with E-state index >= 15 is 0 Å². The second kappa shape index (κ2) is 13.7. The molecule has 1 N–H and O–H groups in total. The number of rotatable bonds is 10. The van der Waals surface area contributed by atoms with Gasteiger partial charge in [0.1, 0.15) is 11.4 Å². The van der Waals surface area contributed by atoms with Crippen LogP contribution in [-0.2, 0) is 22.6 Å². The third-order valence-electron chi connectivity index (χ3n) is 6.93. The summed E-state index contributed by atoms with van der Waals surface area (Å²) in [5.41, 5.74) is 3.90. The van der Waals surface area contributed by atoms with Crippen molar-refractivity contribution in [1.29, 1.82) is 0 Å². The van der Waals surface area contributed by atoms with Gasteiger partial charge in [-0.3, -0.25) is 0 Å². The van der Waals surface area contributed by atoms with Crippen molar-refractivity contribution in [2.45, 2.75) is 59.0 Å². The average molecular weight is 561 g/mol. The molecule has 0 saturated heterocycles. The maximum atomic E-state index is 12.5. The van der Waals surface area contributed by atoms with Crippen molar-refractivity contribution in [3.63, 3.8) is 0 Å². The highest BCUT2D eigenvalue weighted by Gasteiger charge is 2.22. The lowest BCUT2D eigenvalue weighted by molar-refractivity contribution is 0.0137. The number of fused-ring (bicyclic) bond motifs is 1. The number of hydrogen-bond acceptors (Lipinski definition) is 8. The van der Waals surface area contributed by atoms with Crippen LogP contribution in [0.25, 0.3) is 0 Å². The van der Waals surface area contributed by atoms with Crippen molar-refractivity contribution in [1.82, 2.24) is 14.9 Å². The zero-order valence-electron chi connectivity index (χ0n) is 25.3. The summed E-state index contributed by atoms with van der Waals surface area (Å²) < 4.78 is 12.0. The zero-order chi connectivity index (χ0) is 29.4. The number of benzene rings is 2. The number of hydrogen-bond donors (Lipinski definition) is 1. The Morgan fingerprint density at radius 1 is 1.12 bits per heavy atom. The quantitative estimate of drug-likeness (QED) is 0.329. The van der Waals surface area contributed by atoms with Gasteiger partial charge in [0.2, 0.25) is 5.95 Å². The lowest BCUT2D eigenvalue weighted by Crippen LogP contribution is -2.35. The van der Waals surface area contributed by atoms with Gasteiger partial charge in [-0.25, -0.2) is 9.78 Å². The monoisotopic (exact) mass is 560 g/mol. The number of likely N-dealkylation sites (N-methyl/N-ethyl adjacent to an activating group) is 1. The Labute approximate surface area is 244 Å². The second-order valence-corrected chi connectivity index (χ2v) is 11.5. The van der Waals surface area contributed by atoms with Gasteiger partial charge in [0.05, 0.1) is 12.7 Å². The van der Waals surface area contributed by atoms with Gasteiger partial charge < -0.3 is 29.5 Å². The molecule has 1 amide bonds. The molecule has 1 atom stereocenters. The molecule has 0 radical (unpaired) electrons. The third kappa shape index (κ3) is 8.57. The fraction of sp³-hybridized carbons (Fsp3) is 0.469. The highest BCUT2D eigenvalue weighted by atomic mass is 16.6. The topological polar surface area (TPSA) is 83.1 Å². The largest absolute Gasteiger partial charge is 0.444 e. The van der Waals surface area contributed by atoms with E-state index in [4.69, 9.17) is 14.5 Å². The molecule has 0 saturated carbocycles. The van der Waals surface area contributed by atoms with Crippen LogP contribution >= 0.6 is 0 Å². The minimum absolute atomic E-state index is 0.161. The van der Waals surface area contributed by atoms with E-state index in [2.05, 4.69) is 63.5 Å². The van der Waals surface area contributed by atoms with Gasteiger partial charge in [0.25, 0.3) is 0 Å². The molecule has 0 aliphatic carbocycles. The molecule has 1 aliphatic rings. The van der Waals surface area contributed by atoms with E-state index in [1.807, 2.05) is 52.1 Å². The molecule has 4 rings (SSSR count). The number of ether oxygens (including phenoxy) is 2. The van der Waals surface area contributed by atoms with Gasteiger partial charge in [-0.1, -0.05) is 42.5 Å². The van der Waals surface area contributed by atoms with Crippen LogP contribution in [0.1, 0.15) is 56.9 Å². The summed E-state index contributed by atoms with van der Waals surface area (Å²) in [6.07, 6.45) is 2.10. The molecule has 220 valence electrons. The fourth-order valence-electron chi connectivity index (χ4n) is 4.76.